The lowest BCUT2D eigenvalue weighted by Crippen LogP contribution is -2.46. The van der Waals surface area contributed by atoms with Crippen LogP contribution >= 0.6 is 0 Å². The second-order valence-electron chi connectivity index (χ2n) is 7.13. The summed E-state index contributed by atoms with van der Waals surface area (Å²) in [5.41, 5.74) is 2.01. The molecule has 8 heteroatoms. The molecule has 1 heterocycles. The molecule has 0 saturated carbocycles. The van der Waals surface area contributed by atoms with Crippen molar-refractivity contribution in [1.82, 2.24) is 4.90 Å². The molecule has 1 atom stereocenters. The van der Waals surface area contributed by atoms with Crippen LogP contribution in [0.25, 0.3) is 0 Å². The van der Waals surface area contributed by atoms with Gasteiger partial charge in [0.2, 0.25) is 11.8 Å². The molecule has 1 aliphatic rings. The van der Waals surface area contributed by atoms with Gasteiger partial charge in [0.15, 0.2) is 0 Å². The minimum Gasteiger partial charge on any atom is -0.461 e. The molecule has 0 spiro atoms. The largest absolute Gasteiger partial charge is 0.461 e. The highest BCUT2D eigenvalue weighted by Crippen LogP contribution is 2.26. The van der Waals surface area contributed by atoms with Crippen LogP contribution in [0.2, 0.25) is 0 Å². The Morgan fingerprint density at radius 1 is 1.22 bits per heavy atom. The number of hydrogen-bond donors (Lipinski definition) is 1. The van der Waals surface area contributed by atoms with E-state index < -0.39 is 12.0 Å². The maximum absolute atomic E-state index is 13.2. The molecule has 2 aromatic rings. The van der Waals surface area contributed by atoms with Gasteiger partial charge < -0.3 is 15.0 Å². The number of hydrogen-bond acceptors (Lipinski definition) is 6. The highest BCUT2D eigenvalue weighted by Gasteiger charge is 2.38. The Balaban J connectivity index is 1.71. The molecule has 1 unspecified atom stereocenters. The second kappa shape index (κ2) is 10.3. The molecule has 164 valence electrons. The predicted octanol–water partition coefficient (Wildman–Crippen LogP) is 2.26. The summed E-state index contributed by atoms with van der Waals surface area (Å²) in [4.78, 5) is 39.2. The zero-order valence-corrected chi connectivity index (χ0v) is 17.9. The van der Waals surface area contributed by atoms with E-state index in [0.29, 0.717) is 16.9 Å². The van der Waals surface area contributed by atoms with Crippen LogP contribution in [0, 0.1) is 12.3 Å². The minimum atomic E-state index is -0.764. The van der Waals surface area contributed by atoms with E-state index in [0.717, 1.165) is 0 Å². The topological polar surface area (TPSA) is 91.3 Å². The molecule has 1 aliphatic heterocycles. The van der Waals surface area contributed by atoms with Crippen LogP contribution in [0.1, 0.15) is 18.9 Å². The molecule has 0 saturated heterocycles. The Bertz CT molecular complexity index is 1070. The number of amides is 2. The van der Waals surface area contributed by atoms with E-state index in [-0.39, 0.29) is 37.1 Å². The molecule has 2 aromatic carbocycles. The number of ether oxygens (including phenoxy) is 1. The standard InChI is InChI=1S/C24H24N4O4/c1-4-17-10-9-11-18(14-17)25-22(29)16-27(3)23(30)21-15-20(24(31)32-5-2)26-28(21)19-12-7-6-8-13-19/h1,6-14,21H,5,15-16H2,2-3H3,(H,25,29). The first-order chi connectivity index (χ1) is 15.4. The number of carbonyl (C=O) groups excluding carboxylic acids is 3. The lowest BCUT2D eigenvalue weighted by molar-refractivity contribution is -0.135. The quantitative estimate of drug-likeness (QED) is 0.535. The number of anilines is 2. The van der Waals surface area contributed by atoms with Crippen LogP contribution in [0.5, 0.6) is 0 Å². The predicted molar refractivity (Wildman–Crippen MR) is 122 cm³/mol. The molecule has 8 nitrogen and oxygen atoms in total. The number of terminal acetylenes is 1. The summed E-state index contributed by atoms with van der Waals surface area (Å²) in [6.07, 6.45) is 5.47. The summed E-state index contributed by atoms with van der Waals surface area (Å²) in [5, 5.41) is 8.57. The van der Waals surface area contributed by atoms with Crippen LogP contribution in [-0.4, -0.2) is 54.6 Å². The van der Waals surface area contributed by atoms with Crippen molar-refractivity contribution in [3.8, 4) is 12.3 Å². The van der Waals surface area contributed by atoms with Gasteiger partial charge in [-0.1, -0.05) is 30.2 Å². The Labute approximate surface area is 186 Å². The Morgan fingerprint density at radius 2 is 1.97 bits per heavy atom. The van der Waals surface area contributed by atoms with Gasteiger partial charge in [-0.3, -0.25) is 14.6 Å². The normalized spacial score (nSPS) is 14.8. The summed E-state index contributed by atoms with van der Waals surface area (Å²) in [5.74, 6) is 1.24. The monoisotopic (exact) mass is 432 g/mol. The number of benzene rings is 2. The minimum absolute atomic E-state index is 0.0860. The van der Waals surface area contributed by atoms with Gasteiger partial charge in [0.05, 0.1) is 18.8 Å². The fourth-order valence-electron chi connectivity index (χ4n) is 3.29. The highest BCUT2D eigenvalue weighted by molar-refractivity contribution is 6.38. The number of rotatable bonds is 7. The van der Waals surface area contributed by atoms with Gasteiger partial charge in [-0.25, -0.2) is 4.79 Å². The molecule has 0 fully saturated rings. The summed E-state index contributed by atoms with van der Waals surface area (Å²) in [7, 11) is 1.53. The summed E-state index contributed by atoms with van der Waals surface area (Å²) in [6.45, 7) is 1.74. The van der Waals surface area contributed by atoms with E-state index >= 15 is 0 Å². The van der Waals surface area contributed by atoms with E-state index in [1.54, 1.807) is 43.3 Å². The second-order valence-corrected chi connectivity index (χ2v) is 7.13. The molecule has 0 aromatic heterocycles. The third-order valence-corrected chi connectivity index (χ3v) is 4.80. The lowest BCUT2D eigenvalue weighted by atomic mass is 10.1. The average molecular weight is 432 g/mol. The van der Waals surface area contributed by atoms with Crippen molar-refractivity contribution >= 4 is 34.9 Å². The van der Waals surface area contributed by atoms with E-state index in [1.807, 2.05) is 18.2 Å². The van der Waals surface area contributed by atoms with Gasteiger partial charge in [0.25, 0.3) is 0 Å². The van der Waals surface area contributed by atoms with Crippen LogP contribution in [-0.2, 0) is 19.1 Å². The van der Waals surface area contributed by atoms with Crippen LogP contribution < -0.4 is 10.3 Å². The van der Waals surface area contributed by atoms with Gasteiger partial charge in [-0.15, -0.1) is 6.42 Å². The van der Waals surface area contributed by atoms with Crippen molar-refractivity contribution in [3.05, 3.63) is 60.2 Å². The highest BCUT2D eigenvalue weighted by atomic mass is 16.5. The van der Waals surface area contributed by atoms with Gasteiger partial charge in [-0.2, -0.15) is 5.10 Å². The molecular weight excluding hydrogens is 408 g/mol. The summed E-state index contributed by atoms with van der Waals surface area (Å²) in [6, 6.07) is 15.2. The summed E-state index contributed by atoms with van der Waals surface area (Å²) < 4.78 is 5.05. The average Bonchev–Trinajstić information content (AvgIpc) is 3.25. The van der Waals surface area contributed by atoms with Crippen molar-refractivity contribution < 1.29 is 19.1 Å². The Hall–Kier alpha value is -4.12. The zero-order valence-electron chi connectivity index (χ0n) is 17.9. The number of nitrogens with one attached hydrogen (secondary N) is 1. The van der Waals surface area contributed by atoms with E-state index in [2.05, 4.69) is 16.3 Å². The molecule has 0 aliphatic carbocycles. The molecule has 2 amide bonds. The smallest absolute Gasteiger partial charge is 0.354 e. The number of carbonyl (C=O) groups is 3. The first-order valence-corrected chi connectivity index (χ1v) is 10.1. The van der Waals surface area contributed by atoms with Crippen molar-refractivity contribution in [1.29, 1.82) is 0 Å². The van der Waals surface area contributed by atoms with Crippen molar-refractivity contribution in [3.63, 3.8) is 0 Å². The van der Waals surface area contributed by atoms with Crippen molar-refractivity contribution in [2.24, 2.45) is 5.10 Å². The molecule has 3 rings (SSSR count). The number of nitrogens with zero attached hydrogens (tertiary/aromatic N) is 3. The summed E-state index contributed by atoms with van der Waals surface area (Å²) >= 11 is 0. The third kappa shape index (κ3) is 5.32. The van der Waals surface area contributed by atoms with Gasteiger partial charge in [-0.05, 0) is 37.3 Å². The zero-order chi connectivity index (χ0) is 23.1. The maximum Gasteiger partial charge on any atom is 0.354 e. The Kier molecular flexibility index (Phi) is 7.24. The molecule has 0 bridgehead atoms. The fraction of sp³-hybridized carbons (Fsp3) is 0.250. The first-order valence-electron chi connectivity index (χ1n) is 10.1. The molecule has 32 heavy (non-hydrogen) atoms. The number of likely N-dealkylation sites (N-methyl/N-ethyl adjacent to an activating group) is 1. The first kappa shape index (κ1) is 22.6. The lowest BCUT2D eigenvalue weighted by Gasteiger charge is -2.27. The van der Waals surface area contributed by atoms with E-state index in [4.69, 9.17) is 11.2 Å². The number of para-hydroxylation sites is 1. The van der Waals surface area contributed by atoms with Crippen molar-refractivity contribution in [2.75, 3.05) is 30.5 Å². The van der Waals surface area contributed by atoms with E-state index in [9.17, 15) is 14.4 Å². The van der Waals surface area contributed by atoms with Crippen molar-refractivity contribution in [2.45, 2.75) is 19.4 Å². The number of esters is 1. The van der Waals surface area contributed by atoms with Gasteiger partial charge >= 0.3 is 5.97 Å². The molecule has 1 N–H and O–H groups in total. The fourth-order valence-corrected chi connectivity index (χ4v) is 3.29. The third-order valence-electron chi connectivity index (χ3n) is 4.80. The Morgan fingerprint density at radius 3 is 2.66 bits per heavy atom. The van der Waals surface area contributed by atoms with Crippen LogP contribution in [0.3, 0.4) is 0 Å². The molecular formula is C24H24N4O4. The van der Waals surface area contributed by atoms with Gasteiger partial charge in [0, 0.05) is 24.7 Å². The number of hydrazone groups is 1. The van der Waals surface area contributed by atoms with Crippen LogP contribution in [0.4, 0.5) is 11.4 Å². The van der Waals surface area contributed by atoms with Crippen LogP contribution in [0.15, 0.2) is 59.7 Å². The van der Waals surface area contributed by atoms with Gasteiger partial charge in [0.1, 0.15) is 11.8 Å². The SMILES string of the molecule is C#Cc1cccc(NC(=O)CN(C)C(=O)C2CC(C(=O)OCC)=NN2c2ccccc2)c1. The maximum atomic E-state index is 13.2. The molecule has 0 radical (unpaired) electrons. The van der Waals surface area contributed by atoms with E-state index in [1.165, 1.54) is 17.0 Å².